The van der Waals surface area contributed by atoms with Crippen molar-refractivity contribution in [3.8, 4) is 18.1 Å². The molecule has 0 saturated heterocycles. The summed E-state index contributed by atoms with van der Waals surface area (Å²) in [5, 5.41) is 0.496. The van der Waals surface area contributed by atoms with Crippen LogP contribution in [0.2, 0.25) is 5.02 Å². The van der Waals surface area contributed by atoms with Gasteiger partial charge < -0.3 is 9.30 Å². The van der Waals surface area contributed by atoms with Crippen LogP contribution in [0.1, 0.15) is 17.3 Å². The molecule has 0 radical (unpaired) electrons. The summed E-state index contributed by atoms with van der Waals surface area (Å²) in [5.74, 6) is 3.03. The Morgan fingerprint density at radius 3 is 2.92 bits per heavy atom. The second kappa shape index (κ2) is 7.56. The normalized spacial score (nSPS) is 11.5. The number of carbonyl (C=O) groups excluding carboxylic acids is 1. The number of hydrogen-bond donors (Lipinski definition) is 0. The Labute approximate surface area is 154 Å². The molecular weight excluding hydrogens is 356 g/mol. The third-order valence-corrected chi connectivity index (χ3v) is 4.76. The van der Waals surface area contributed by atoms with Gasteiger partial charge in [0.1, 0.15) is 5.75 Å². The molecule has 0 aliphatic rings. The first kappa shape index (κ1) is 17.3. The van der Waals surface area contributed by atoms with Gasteiger partial charge in [0.25, 0.3) is 5.91 Å². The van der Waals surface area contributed by atoms with Crippen LogP contribution < -0.4 is 9.54 Å². The molecular formula is C19H15ClN2O2S. The largest absolute Gasteiger partial charge is 0.494 e. The molecule has 126 valence electrons. The van der Waals surface area contributed by atoms with E-state index in [9.17, 15) is 4.79 Å². The highest BCUT2D eigenvalue weighted by Gasteiger charge is 2.10. The summed E-state index contributed by atoms with van der Waals surface area (Å²) in [4.78, 5) is 17.3. The predicted octanol–water partition coefficient (Wildman–Crippen LogP) is 4.13. The van der Waals surface area contributed by atoms with Gasteiger partial charge in [0, 0.05) is 10.6 Å². The van der Waals surface area contributed by atoms with Crippen LogP contribution in [0.25, 0.3) is 10.2 Å². The first-order valence-electron chi connectivity index (χ1n) is 7.66. The van der Waals surface area contributed by atoms with E-state index in [4.69, 9.17) is 22.8 Å². The zero-order valence-electron chi connectivity index (χ0n) is 13.5. The van der Waals surface area contributed by atoms with Crippen LogP contribution in [0.15, 0.2) is 47.5 Å². The van der Waals surface area contributed by atoms with Crippen LogP contribution in [0, 0.1) is 12.3 Å². The molecule has 1 heterocycles. The summed E-state index contributed by atoms with van der Waals surface area (Å²) in [6, 6.07) is 12.5. The number of carbonyl (C=O) groups is 1. The molecule has 1 amide bonds. The first-order valence-corrected chi connectivity index (χ1v) is 8.86. The van der Waals surface area contributed by atoms with E-state index in [0.29, 0.717) is 28.5 Å². The molecule has 0 spiro atoms. The number of rotatable bonds is 4. The van der Waals surface area contributed by atoms with Crippen molar-refractivity contribution in [2.24, 2.45) is 4.99 Å². The van der Waals surface area contributed by atoms with Gasteiger partial charge in [-0.3, -0.25) is 4.79 Å². The third-order valence-electron chi connectivity index (χ3n) is 3.48. The Morgan fingerprint density at radius 2 is 2.20 bits per heavy atom. The monoisotopic (exact) mass is 370 g/mol. The van der Waals surface area contributed by atoms with Gasteiger partial charge in [-0.15, -0.1) is 6.42 Å². The molecule has 0 aliphatic carbocycles. The van der Waals surface area contributed by atoms with Gasteiger partial charge in [0.2, 0.25) is 0 Å². The van der Waals surface area contributed by atoms with Crippen molar-refractivity contribution in [2.45, 2.75) is 13.5 Å². The van der Waals surface area contributed by atoms with Gasteiger partial charge in [-0.2, -0.15) is 4.99 Å². The van der Waals surface area contributed by atoms with Gasteiger partial charge in [-0.05, 0) is 43.3 Å². The summed E-state index contributed by atoms with van der Waals surface area (Å²) >= 11 is 7.35. The zero-order chi connectivity index (χ0) is 17.8. The van der Waals surface area contributed by atoms with Crippen molar-refractivity contribution in [1.82, 2.24) is 4.57 Å². The molecule has 0 unspecified atom stereocenters. The number of ether oxygens (including phenoxy) is 1. The Bertz CT molecular complexity index is 1040. The van der Waals surface area contributed by atoms with E-state index >= 15 is 0 Å². The Morgan fingerprint density at radius 1 is 1.36 bits per heavy atom. The van der Waals surface area contributed by atoms with Gasteiger partial charge in [-0.25, -0.2) is 0 Å². The maximum absolute atomic E-state index is 12.5. The number of aromatic nitrogens is 1. The maximum Gasteiger partial charge on any atom is 0.279 e. The van der Waals surface area contributed by atoms with Crippen molar-refractivity contribution in [3.63, 3.8) is 0 Å². The van der Waals surface area contributed by atoms with Crippen LogP contribution in [0.5, 0.6) is 5.75 Å². The van der Waals surface area contributed by atoms with E-state index in [0.717, 1.165) is 16.0 Å². The molecule has 6 heteroatoms. The smallest absolute Gasteiger partial charge is 0.279 e. The number of nitrogens with zero attached hydrogens (tertiary/aromatic N) is 2. The van der Waals surface area contributed by atoms with E-state index in [1.165, 1.54) is 11.3 Å². The fraction of sp³-hybridized carbons (Fsp3) is 0.158. The Kier molecular flexibility index (Phi) is 5.22. The number of terminal acetylenes is 1. The van der Waals surface area contributed by atoms with E-state index in [-0.39, 0.29) is 5.91 Å². The quantitative estimate of drug-likeness (QED) is 0.648. The second-order valence-electron chi connectivity index (χ2n) is 5.16. The minimum Gasteiger partial charge on any atom is -0.494 e. The molecule has 0 bridgehead atoms. The van der Waals surface area contributed by atoms with Crippen LogP contribution in [-0.4, -0.2) is 17.1 Å². The fourth-order valence-corrected chi connectivity index (χ4v) is 3.66. The standard InChI is InChI=1S/C19H15ClN2O2S/c1-3-10-22-16-9-8-15(24-4-2)12-17(16)25-19(22)21-18(23)13-6-5-7-14(20)11-13/h1,5-9,11-12H,4,10H2,2H3. The summed E-state index contributed by atoms with van der Waals surface area (Å²) in [6.45, 7) is 2.85. The molecule has 3 aromatic rings. The molecule has 2 aromatic carbocycles. The number of fused-ring (bicyclic) bond motifs is 1. The highest BCUT2D eigenvalue weighted by atomic mass is 35.5. The van der Waals surface area contributed by atoms with Gasteiger partial charge in [0.15, 0.2) is 4.80 Å². The number of benzene rings is 2. The van der Waals surface area contributed by atoms with Gasteiger partial charge in [0.05, 0.1) is 23.4 Å². The van der Waals surface area contributed by atoms with Crippen molar-refractivity contribution in [3.05, 3.63) is 57.9 Å². The zero-order valence-corrected chi connectivity index (χ0v) is 15.1. The van der Waals surface area contributed by atoms with E-state index in [2.05, 4.69) is 10.9 Å². The lowest BCUT2D eigenvalue weighted by atomic mass is 10.2. The van der Waals surface area contributed by atoms with Crippen LogP contribution >= 0.6 is 22.9 Å². The van der Waals surface area contributed by atoms with E-state index in [1.807, 2.05) is 29.7 Å². The Hall–Kier alpha value is -2.55. The summed E-state index contributed by atoms with van der Waals surface area (Å²) in [7, 11) is 0. The molecule has 0 atom stereocenters. The molecule has 0 aliphatic heterocycles. The second-order valence-corrected chi connectivity index (χ2v) is 6.61. The van der Waals surface area contributed by atoms with Gasteiger partial charge >= 0.3 is 0 Å². The molecule has 25 heavy (non-hydrogen) atoms. The summed E-state index contributed by atoms with van der Waals surface area (Å²) in [6.07, 6.45) is 5.48. The molecule has 0 N–H and O–H groups in total. The van der Waals surface area contributed by atoms with Crippen LogP contribution in [0.4, 0.5) is 0 Å². The van der Waals surface area contributed by atoms with Crippen LogP contribution in [-0.2, 0) is 6.54 Å². The summed E-state index contributed by atoms with van der Waals surface area (Å²) in [5.41, 5.74) is 1.36. The van der Waals surface area contributed by atoms with E-state index in [1.54, 1.807) is 24.3 Å². The number of thiazole rings is 1. The fourth-order valence-electron chi connectivity index (χ4n) is 2.41. The third kappa shape index (κ3) is 3.76. The predicted molar refractivity (Wildman–Crippen MR) is 101 cm³/mol. The van der Waals surface area contributed by atoms with E-state index < -0.39 is 0 Å². The molecule has 0 fully saturated rings. The SMILES string of the molecule is C#CCn1c(=NC(=O)c2cccc(Cl)c2)sc2cc(OCC)ccc21. The average Bonchev–Trinajstić information content (AvgIpc) is 2.92. The van der Waals surface area contributed by atoms with Crippen molar-refractivity contribution >= 4 is 39.1 Å². The molecule has 0 saturated carbocycles. The van der Waals surface area contributed by atoms with Crippen molar-refractivity contribution in [2.75, 3.05) is 6.61 Å². The van der Waals surface area contributed by atoms with Crippen molar-refractivity contribution in [1.29, 1.82) is 0 Å². The average molecular weight is 371 g/mol. The molecule has 3 rings (SSSR count). The molecule has 4 nitrogen and oxygen atoms in total. The highest BCUT2D eigenvalue weighted by Crippen LogP contribution is 2.23. The number of amides is 1. The molecule has 1 aromatic heterocycles. The number of hydrogen-bond acceptors (Lipinski definition) is 3. The highest BCUT2D eigenvalue weighted by molar-refractivity contribution is 7.16. The maximum atomic E-state index is 12.5. The Balaban J connectivity index is 2.12. The first-order chi connectivity index (χ1) is 12.1. The van der Waals surface area contributed by atoms with Gasteiger partial charge in [-0.1, -0.05) is 34.9 Å². The lowest BCUT2D eigenvalue weighted by Crippen LogP contribution is -2.16. The lowest BCUT2D eigenvalue weighted by Gasteiger charge is -2.03. The topological polar surface area (TPSA) is 43.6 Å². The van der Waals surface area contributed by atoms with Crippen LogP contribution in [0.3, 0.4) is 0 Å². The van der Waals surface area contributed by atoms with Crippen molar-refractivity contribution < 1.29 is 9.53 Å². The minimum absolute atomic E-state index is 0.329. The summed E-state index contributed by atoms with van der Waals surface area (Å²) < 4.78 is 8.33. The lowest BCUT2D eigenvalue weighted by molar-refractivity contribution is 0.0998. The minimum atomic E-state index is -0.357. The number of halogens is 1.